The van der Waals surface area contributed by atoms with Crippen LogP contribution in [0.2, 0.25) is 5.02 Å². The van der Waals surface area contributed by atoms with Gasteiger partial charge >= 0.3 is 6.18 Å². The third-order valence-corrected chi connectivity index (χ3v) is 6.16. The SMILES string of the molecule is COc1cccc2c1NC(=O)[C@@H](NC(=O)[C@H](CCC(F)(F)F)CC(N)=O)N=C2c1ccccc1.Clc1ccccc1. The molecule has 0 aromatic heterocycles. The van der Waals surface area contributed by atoms with Gasteiger partial charge in [0.1, 0.15) is 5.75 Å². The van der Waals surface area contributed by atoms with Crippen LogP contribution in [0.3, 0.4) is 0 Å². The molecule has 3 amide bonds. The summed E-state index contributed by atoms with van der Waals surface area (Å²) in [6.07, 6.45) is -8.53. The van der Waals surface area contributed by atoms with Crippen LogP contribution in [0.25, 0.3) is 0 Å². The number of primary amides is 1. The molecule has 1 aliphatic rings. The maximum Gasteiger partial charge on any atom is 0.389 e. The fraction of sp³-hybridized carbons (Fsp3) is 0.241. The molecule has 0 bridgehead atoms. The number of ether oxygens (including phenoxy) is 1. The largest absolute Gasteiger partial charge is 0.495 e. The van der Waals surface area contributed by atoms with Gasteiger partial charge in [-0.05, 0) is 24.6 Å². The predicted octanol–water partition coefficient (Wildman–Crippen LogP) is 5.10. The van der Waals surface area contributed by atoms with Crippen LogP contribution in [0, 0.1) is 5.92 Å². The van der Waals surface area contributed by atoms with Crippen molar-refractivity contribution in [2.75, 3.05) is 12.4 Å². The molecule has 3 aromatic carbocycles. The topological polar surface area (TPSA) is 123 Å². The molecule has 12 heteroatoms. The van der Waals surface area contributed by atoms with Crippen molar-refractivity contribution in [2.45, 2.75) is 31.6 Å². The highest BCUT2D eigenvalue weighted by atomic mass is 35.5. The molecule has 1 heterocycles. The number of amides is 3. The number of carbonyl (C=O) groups is 3. The van der Waals surface area contributed by atoms with Gasteiger partial charge < -0.3 is 21.1 Å². The van der Waals surface area contributed by atoms with Gasteiger partial charge in [-0.15, -0.1) is 0 Å². The Morgan fingerprint density at radius 3 is 2.22 bits per heavy atom. The van der Waals surface area contributed by atoms with E-state index in [4.69, 9.17) is 22.1 Å². The minimum Gasteiger partial charge on any atom is -0.495 e. The third-order valence-electron chi connectivity index (χ3n) is 5.91. The lowest BCUT2D eigenvalue weighted by Gasteiger charge is -2.19. The van der Waals surface area contributed by atoms with Gasteiger partial charge in [0.25, 0.3) is 5.91 Å². The van der Waals surface area contributed by atoms with Crippen LogP contribution in [-0.4, -0.2) is 42.9 Å². The Balaban J connectivity index is 0.000000575. The van der Waals surface area contributed by atoms with Crippen molar-refractivity contribution < 1.29 is 32.3 Å². The molecule has 0 unspecified atom stereocenters. The van der Waals surface area contributed by atoms with Gasteiger partial charge in [-0.25, -0.2) is 4.99 Å². The number of aliphatic imine (C=N–C) groups is 1. The number of benzene rings is 3. The number of carbonyl (C=O) groups excluding carboxylic acids is 3. The zero-order valence-corrected chi connectivity index (χ0v) is 22.7. The highest BCUT2D eigenvalue weighted by Gasteiger charge is 2.34. The zero-order chi connectivity index (χ0) is 30.0. The standard InChI is InChI=1S/C23H23F3N4O4.C6H5Cl/c1-34-16-9-5-8-15-18(13-6-3-2-4-7-13)28-20(22(33)29-19(15)16)30-21(32)14(12-17(27)31)10-11-23(24,25)26;7-6-4-2-1-3-5-6/h2-9,14,20H,10-12H2,1H3,(H2,27,31)(H,29,33)(H,30,32);1-5H/t14-,20-;/m1./s1. The molecular weight excluding hydrogens is 561 g/mol. The van der Waals surface area contributed by atoms with Crippen molar-refractivity contribution >= 4 is 40.7 Å². The van der Waals surface area contributed by atoms with Gasteiger partial charge in [-0.2, -0.15) is 13.2 Å². The van der Waals surface area contributed by atoms with Crippen molar-refractivity contribution in [3.05, 3.63) is 95.0 Å². The lowest BCUT2D eigenvalue weighted by Crippen LogP contribution is -2.45. The van der Waals surface area contributed by atoms with E-state index in [-0.39, 0.29) is 0 Å². The number of nitrogens with one attached hydrogen (secondary N) is 2. The van der Waals surface area contributed by atoms with E-state index in [9.17, 15) is 27.6 Å². The van der Waals surface area contributed by atoms with E-state index in [1.165, 1.54) is 7.11 Å². The highest BCUT2D eigenvalue weighted by molar-refractivity contribution is 6.30. The van der Waals surface area contributed by atoms with Crippen molar-refractivity contribution in [2.24, 2.45) is 16.6 Å². The van der Waals surface area contributed by atoms with Crippen LogP contribution in [0.4, 0.5) is 18.9 Å². The maximum atomic E-state index is 13.0. The smallest absolute Gasteiger partial charge is 0.389 e. The molecule has 1 aliphatic heterocycles. The number of hydrogen-bond acceptors (Lipinski definition) is 5. The molecule has 0 aliphatic carbocycles. The molecule has 41 heavy (non-hydrogen) atoms. The number of fused-ring (bicyclic) bond motifs is 1. The number of nitrogens with two attached hydrogens (primary N) is 1. The molecule has 0 radical (unpaired) electrons. The third kappa shape index (κ3) is 9.35. The number of rotatable bonds is 8. The molecule has 4 N–H and O–H groups in total. The lowest BCUT2D eigenvalue weighted by atomic mass is 9.97. The summed E-state index contributed by atoms with van der Waals surface area (Å²) in [7, 11) is 1.43. The number of anilines is 1. The number of para-hydroxylation sites is 1. The number of alkyl halides is 3. The molecule has 4 rings (SSSR count). The minimum atomic E-state index is -4.52. The van der Waals surface area contributed by atoms with Crippen molar-refractivity contribution in [3.8, 4) is 5.75 Å². The van der Waals surface area contributed by atoms with Crippen LogP contribution in [0.5, 0.6) is 5.75 Å². The average molecular weight is 589 g/mol. The van der Waals surface area contributed by atoms with E-state index in [0.717, 1.165) is 5.02 Å². The summed E-state index contributed by atoms with van der Waals surface area (Å²) in [4.78, 5) is 41.5. The summed E-state index contributed by atoms with van der Waals surface area (Å²) >= 11 is 5.54. The summed E-state index contributed by atoms with van der Waals surface area (Å²) in [5, 5.41) is 5.83. The summed E-state index contributed by atoms with van der Waals surface area (Å²) < 4.78 is 43.5. The molecule has 216 valence electrons. The Bertz CT molecular complexity index is 1390. The fourth-order valence-electron chi connectivity index (χ4n) is 3.97. The number of benzodiazepines with no additional fused rings is 1. The van der Waals surface area contributed by atoms with Crippen molar-refractivity contribution in [1.82, 2.24) is 5.32 Å². The molecule has 0 fully saturated rings. The van der Waals surface area contributed by atoms with Gasteiger partial charge in [-0.1, -0.05) is 72.3 Å². The van der Waals surface area contributed by atoms with Crippen molar-refractivity contribution in [1.29, 1.82) is 0 Å². The Morgan fingerprint density at radius 2 is 1.68 bits per heavy atom. The first-order valence-corrected chi connectivity index (χ1v) is 12.8. The normalized spacial score (nSPS) is 15.1. The summed E-state index contributed by atoms with van der Waals surface area (Å²) in [5.74, 6) is -3.60. The number of hydrogen-bond donors (Lipinski definition) is 3. The zero-order valence-electron chi connectivity index (χ0n) is 22.0. The van der Waals surface area contributed by atoms with E-state index in [1.807, 2.05) is 30.3 Å². The molecule has 0 saturated heterocycles. The number of nitrogens with zero attached hydrogens (tertiary/aromatic N) is 1. The van der Waals surface area contributed by atoms with Gasteiger partial charge in [0, 0.05) is 34.9 Å². The minimum absolute atomic E-state index is 0.333. The van der Waals surface area contributed by atoms with E-state index in [1.54, 1.807) is 48.5 Å². The molecule has 8 nitrogen and oxygen atoms in total. The second kappa shape index (κ2) is 14.3. The van der Waals surface area contributed by atoms with E-state index < -0.39 is 55.2 Å². The van der Waals surface area contributed by atoms with Gasteiger partial charge in [0.2, 0.25) is 18.0 Å². The van der Waals surface area contributed by atoms with Gasteiger partial charge in [0.15, 0.2) is 0 Å². The van der Waals surface area contributed by atoms with Crippen LogP contribution in [-0.2, 0) is 14.4 Å². The first-order valence-electron chi connectivity index (χ1n) is 12.5. The Hall–Kier alpha value is -4.38. The second-order valence-corrected chi connectivity index (χ2v) is 9.38. The highest BCUT2D eigenvalue weighted by Crippen LogP contribution is 2.33. The summed E-state index contributed by atoms with van der Waals surface area (Å²) in [6, 6.07) is 23.4. The van der Waals surface area contributed by atoms with Gasteiger partial charge in [-0.3, -0.25) is 14.4 Å². The number of halogens is 4. The van der Waals surface area contributed by atoms with Gasteiger partial charge in [0.05, 0.1) is 18.5 Å². The molecule has 3 aromatic rings. The van der Waals surface area contributed by atoms with Crippen LogP contribution >= 0.6 is 11.6 Å². The predicted molar refractivity (Wildman–Crippen MR) is 150 cm³/mol. The fourth-order valence-corrected chi connectivity index (χ4v) is 4.12. The Labute approximate surface area is 239 Å². The maximum absolute atomic E-state index is 13.0. The average Bonchev–Trinajstić information content (AvgIpc) is 3.07. The molecule has 0 spiro atoms. The van der Waals surface area contributed by atoms with Crippen LogP contribution in [0.1, 0.15) is 30.4 Å². The number of methoxy groups -OCH3 is 1. The quantitative estimate of drug-likeness (QED) is 0.339. The first kappa shape index (κ1) is 31.2. The van der Waals surface area contributed by atoms with E-state index in [2.05, 4.69) is 15.6 Å². The Morgan fingerprint density at radius 1 is 1.05 bits per heavy atom. The molecular formula is C29H28ClF3N4O4. The summed E-state index contributed by atoms with van der Waals surface area (Å²) in [6.45, 7) is 0. The van der Waals surface area contributed by atoms with E-state index >= 15 is 0 Å². The summed E-state index contributed by atoms with van der Waals surface area (Å²) in [5.41, 5.74) is 6.98. The molecule has 2 atom stereocenters. The Kier molecular flexibility index (Phi) is 10.9. The van der Waals surface area contributed by atoms with E-state index in [0.29, 0.717) is 28.3 Å². The van der Waals surface area contributed by atoms with Crippen LogP contribution < -0.4 is 21.1 Å². The second-order valence-electron chi connectivity index (χ2n) is 8.94. The lowest BCUT2D eigenvalue weighted by molar-refractivity contribution is -0.143. The first-order chi connectivity index (χ1) is 19.5. The van der Waals surface area contributed by atoms with Crippen LogP contribution in [0.15, 0.2) is 83.9 Å². The molecule has 0 saturated carbocycles. The monoisotopic (exact) mass is 588 g/mol. The van der Waals surface area contributed by atoms with Crippen molar-refractivity contribution in [3.63, 3.8) is 0 Å².